The monoisotopic (exact) mass is 918 g/mol. The number of fused-ring (bicyclic) bond motifs is 5. The maximum atomic E-state index is 5.36. The minimum atomic E-state index is 0.384. The first-order chi connectivity index (χ1) is 32.5. The number of ether oxygens (including phenoxy) is 5. The summed E-state index contributed by atoms with van der Waals surface area (Å²) in [5, 5.41) is 14.1. The Bertz CT molecular complexity index is 1590. The minimum Gasteiger partial charge on any atom is -0.383 e. The summed E-state index contributed by atoms with van der Waals surface area (Å²) < 4.78 is 26.1. The van der Waals surface area contributed by atoms with Gasteiger partial charge in [-0.2, -0.15) is 0 Å². The van der Waals surface area contributed by atoms with Gasteiger partial charge >= 0.3 is 0 Å². The molecule has 3 saturated heterocycles. The van der Waals surface area contributed by atoms with Crippen LogP contribution in [-0.4, -0.2) is 131 Å². The van der Waals surface area contributed by atoms with Crippen LogP contribution in [0.4, 0.5) is 0 Å². The molecule has 6 fully saturated rings. The summed E-state index contributed by atoms with van der Waals surface area (Å²) >= 11 is 0. The number of likely N-dealkylation sites (tertiary alicyclic amines) is 1. The average Bonchev–Trinajstić information content (AvgIpc) is 3.36. The SMILES string of the molecule is COCC1C2CCCCC2CCN1C.COCC1CC2CCCCC2CN1.COCC1Cc2ccccc2CN1.COCC1NCCC2CCCCC21.COCC1NCCc2ccccc21. The van der Waals surface area contributed by atoms with Crippen LogP contribution in [0.1, 0.15) is 125 Å². The molecule has 3 aliphatic carbocycles. The Morgan fingerprint density at radius 3 is 1.85 bits per heavy atom. The molecule has 0 spiro atoms. The molecule has 2 aromatic carbocycles. The van der Waals surface area contributed by atoms with Crippen LogP contribution in [0, 0.1) is 35.5 Å². The first-order valence-corrected chi connectivity index (χ1v) is 26.7. The zero-order valence-electron chi connectivity index (χ0n) is 42.5. The van der Waals surface area contributed by atoms with Gasteiger partial charge in [0.15, 0.2) is 0 Å². The van der Waals surface area contributed by atoms with Gasteiger partial charge in [-0.25, -0.2) is 0 Å². The maximum Gasteiger partial charge on any atom is 0.0657 e. The fourth-order valence-corrected chi connectivity index (χ4v) is 13.2. The van der Waals surface area contributed by atoms with Crippen LogP contribution in [0.2, 0.25) is 0 Å². The topological polar surface area (TPSA) is 97.5 Å². The molecule has 0 bridgehead atoms. The van der Waals surface area contributed by atoms with Gasteiger partial charge in [0.05, 0.1) is 39.1 Å². The molecule has 10 heteroatoms. The minimum absolute atomic E-state index is 0.384. The van der Waals surface area contributed by atoms with Crippen molar-refractivity contribution < 1.29 is 23.7 Å². The second kappa shape index (κ2) is 29.9. The number of benzene rings is 2. The molecule has 0 amide bonds. The molecule has 4 N–H and O–H groups in total. The number of hydrogen-bond acceptors (Lipinski definition) is 10. The van der Waals surface area contributed by atoms with Crippen LogP contribution in [0.25, 0.3) is 0 Å². The molecular weight excluding hydrogens is 823 g/mol. The highest BCUT2D eigenvalue weighted by atomic mass is 16.5. The normalized spacial score (nSPS) is 32.4. The van der Waals surface area contributed by atoms with E-state index in [-0.39, 0.29) is 0 Å². The summed E-state index contributed by atoms with van der Waals surface area (Å²) in [5.74, 6) is 5.79. The summed E-state index contributed by atoms with van der Waals surface area (Å²) in [6.07, 6.45) is 23.8. The summed E-state index contributed by atoms with van der Waals surface area (Å²) in [7, 11) is 11.2. The van der Waals surface area contributed by atoms with E-state index >= 15 is 0 Å². The Hall–Kier alpha value is -1.96. The molecule has 5 aliphatic heterocycles. The molecule has 5 heterocycles. The predicted octanol–water partition coefficient (Wildman–Crippen LogP) is 8.61. The van der Waals surface area contributed by atoms with Crippen LogP contribution >= 0.6 is 0 Å². The Labute approximate surface area is 402 Å². The highest BCUT2D eigenvalue weighted by Gasteiger charge is 2.38. The molecule has 374 valence electrons. The van der Waals surface area contributed by atoms with Crippen molar-refractivity contribution in [3.63, 3.8) is 0 Å². The Balaban J connectivity index is 0.000000136. The Morgan fingerprint density at radius 1 is 0.515 bits per heavy atom. The summed E-state index contributed by atoms with van der Waals surface area (Å²) in [4.78, 5) is 2.51. The van der Waals surface area contributed by atoms with Gasteiger partial charge in [0, 0.05) is 66.3 Å². The molecule has 10 rings (SSSR count). The second-order valence-corrected chi connectivity index (χ2v) is 21.0. The number of nitrogens with zero attached hydrogens (tertiary/aromatic N) is 1. The zero-order chi connectivity index (χ0) is 46.4. The first kappa shape index (κ1) is 53.4. The molecule has 3 saturated carbocycles. The highest BCUT2D eigenvalue weighted by Crippen LogP contribution is 2.40. The van der Waals surface area contributed by atoms with E-state index in [1.807, 2.05) is 14.2 Å². The summed E-state index contributed by atoms with van der Waals surface area (Å²) in [6.45, 7) is 10.0. The van der Waals surface area contributed by atoms with Gasteiger partial charge < -0.3 is 49.9 Å². The van der Waals surface area contributed by atoms with Crippen molar-refractivity contribution in [2.24, 2.45) is 35.5 Å². The van der Waals surface area contributed by atoms with Crippen LogP contribution in [-0.2, 0) is 43.1 Å². The second-order valence-electron chi connectivity index (χ2n) is 21.0. The van der Waals surface area contributed by atoms with Gasteiger partial charge in [0.2, 0.25) is 0 Å². The molecule has 2 aromatic rings. The van der Waals surface area contributed by atoms with Gasteiger partial charge in [-0.1, -0.05) is 106 Å². The third-order valence-corrected chi connectivity index (χ3v) is 16.7. The third kappa shape index (κ3) is 16.3. The van der Waals surface area contributed by atoms with Crippen LogP contribution in [0.15, 0.2) is 48.5 Å². The van der Waals surface area contributed by atoms with Gasteiger partial charge in [0.1, 0.15) is 0 Å². The molecule has 11 atom stereocenters. The lowest BCUT2D eigenvalue weighted by atomic mass is 9.71. The van der Waals surface area contributed by atoms with E-state index in [0.717, 1.165) is 94.5 Å². The molecular formula is C56H95N5O5. The summed E-state index contributed by atoms with van der Waals surface area (Å²) in [5.41, 5.74) is 5.75. The van der Waals surface area contributed by atoms with Crippen LogP contribution in [0.3, 0.4) is 0 Å². The van der Waals surface area contributed by atoms with E-state index in [2.05, 4.69) is 81.7 Å². The van der Waals surface area contributed by atoms with Crippen molar-refractivity contribution in [3.05, 3.63) is 70.8 Å². The molecule has 10 nitrogen and oxygen atoms in total. The Morgan fingerprint density at radius 2 is 1.12 bits per heavy atom. The van der Waals surface area contributed by atoms with Crippen molar-refractivity contribution in [2.75, 3.05) is 102 Å². The smallest absolute Gasteiger partial charge is 0.0657 e. The number of nitrogens with one attached hydrogen (secondary N) is 4. The molecule has 0 aromatic heterocycles. The van der Waals surface area contributed by atoms with Crippen LogP contribution in [0.5, 0.6) is 0 Å². The van der Waals surface area contributed by atoms with Gasteiger partial charge in [-0.05, 0) is 142 Å². The van der Waals surface area contributed by atoms with Crippen molar-refractivity contribution in [3.8, 4) is 0 Å². The number of methoxy groups -OCH3 is 5. The fourth-order valence-electron chi connectivity index (χ4n) is 13.2. The number of hydrogen-bond donors (Lipinski definition) is 4. The summed E-state index contributed by atoms with van der Waals surface area (Å²) in [6, 6.07) is 20.0. The number of likely N-dealkylation sites (N-methyl/N-ethyl adjacent to an activating group) is 1. The van der Waals surface area contributed by atoms with E-state index in [4.69, 9.17) is 23.7 Å². The average molecular weight is 918 g/mol. The molecule has 0 radical (unpaired) electrons. The zero-order valence-corrected chi connectivity index (χ0v) is 42.5. The van der Waals surface area contributed by atoms with Gasteiger partial charge in [-0.3, -0.25) is 0 Å². The van der Waals surface area contributed by atoms with E-state index in [1.165, 1.54) is 138 Å². The third-order valence-electron chi connectivity index (χ3n) is 16.7. The van der Waals surface area contributed by atoms with E-state index in [9.17, 15) is 0 Å². The quantitative estimate of drug-likeness (QED) is 0.186. The van der Waals surface area contributed by atoms with Crippen molar-refractivity contribution in [2.45, 2.75) is 146 Å². The van der Waals surface area contributed by atoms with Gasteiger partial charge in [0.25, 0.3) is 0 Å². The highest BCUT2D eigenvalue weighted by molar-refractivity contribution is 5.32. The molecule has 11 unspecified atom stereocenters. The Kier molecular flexibility index (Phi) is 24.2. The number of rotatable bonds is 10. The lowest BCUT2D eigenvalue weighted by molar-refractivity contribution is -0.00351. The van der Waals surface area contributed by atoms with Crippen molar-refractivity contribution in [1.29, 1.82) is 0 Å². The standard InChI is InChI=1S/C12H23NO.C11H21NO.C11H15NO.C11H21NO.C11H15NO/c1-13-8-7-10-5-3-4-6-11(10)12(13)9-14-2;2*1-13-8-11-6-9-4-2-3-5-10(9)7-12-11;2*1-13-8-11-10-5-3-2-4-9(10)6-7-12-11/h10-12H,3-9H2,1-2H3;9-12H,2-8H2,1H3;2-5,11-12H,6-8H2,1H3;9-12H,2-8H2,1H3;2-5,11-12H,6-8H2,1H3. The fraction of sp³-hybridized carbons (Fsp3) is 0.786. The lowest BCUT2D eigenvalue weighted by Gasteiger charge is -2.46. The maximum absolute atomic E-state index is 5.36. The van der Waals surface area contributed by atoms with Crippen LogP contribution < -0.4 is 21.3 Å². The molecule has 8 aliphatic rings. The first-order valence-electron chi connectivity index (χ1n) is 26.7. The van der Waals surface area contributed by atoms with E-state index < -0.39 is 0 Å². The molecule has 66 heavy (non-hydrogen) atoms. The van der Waals surface area contributed by atoms with Crippen molar-refractivity contribution in [1.82, 2.24) is 26.2 Å². The largest absolute Gasteiger partial charge is 0.383 e. The predicted molar refractivity (Wildman–Crippen MR) is 271 cm³/mol. The van der Waals surface area contributed by atoms with Crippen molar-refractivity contribution >= 4 is 0 Å². The lowest BCUT2D eigenvalue weighted by Crippen LogP contribution is -2.50. The van der Waals surface area contributed by atoms with Gasteiger partial charge in [-0.15, -0.1) is 0 Å². The van der Waals surface area contributed by atoms with E-state index in [0.29, 0.717) is 30.2 Å². The van der Waals surface area contributed by atoms with E-state index in [1.54, 1.807) is 21.3 Å². The number of piperidine rings is 3.